The molecule has 0 aliphatic heterocycles. The zero-order valence-corrected chi connectivity index (χ0v) is 21.7. The maximum Gasteiger partial charge on any atom is 0.172 e. The van der Waals surface area contributed by atoms with E-state index < -0.39 is 11.0 Å². The van der Waals surface area contributed by atoms with Crippen LogP contribution in [0.1, 0.15) is 27.9 Å². The van der Waals surface area contributed by atoms with Crippen LogP contribution in [0.4, 0.5) is 0 Å². The molecule has 0 saturated carbocycles. The van der Waals surface area contributed by atoms with Gasteiger partial charge in [-0.25, -0.2) is 4.21 Å². The summed E-state index contributed by atoms with van der Waals surface area (Å²) in [7, 11) is -1.48. The van der Waals surface area contributed by atoms with Crippen molar-refractivity contribution in [2.24, 2.45) is 4.40 Å². The van der Waals surface area contributed by atoms with Crippen molar-refractivity contribution in [2.45, 2.75) is 31.4 Å². The van der Waals surface area contributed by atoms with Crippen molar-refractivity contribution < 1.29 is 8.95 Å². The number of hydrogen-bond donors (Lipinski definition) is 0. The normalized spacial score (nSPS) is 12.4. The zero-order chi connectivity index (χ0) is 25.5. The number of aromatic nitrogens is 1. The molecule has 0 spiro atoms. The Hall–Kier alpha value is -3.80. The molecule has 5 heteroatoms. The van der Waals surface area contributed by atoms with Crippen molar-refractivity contribution >= 4 is 28.1 Å². The Labute approximate surface area is 220 Å². The topological polar surface area (TPSA) is 43.6 Å². The Bertz CT molecular complexity index is 1510. The summed E-state index contributed by atoms with van der Waals surface area (Å²) in [5.41, 5.74) is 6.74. The molecule has 1 heterocycles. The van der Waals surface area contributed by atoms with Crippen LogP contribution < -0.4 is 0 Å². The van der Waals surface area contributed by atoms with Crippen molar-refractivity contribution in [3.8, 4) is 0 Å². The molecule has 37 heavy (non-hydrogen) atoms. The van der Waals surface area contributed by atoms with Crippen LogP contribution in [0, 0.1) is 6.92 Å². The lowest BCUT2D eigenvalue weighted by atomic mass is 10.1. The standard InChI is InChI=1S/C32H30N2O2S/c1-25-16-18-28(19-17-25)37(35)33-22-32-30(20-21-36-24-27-12-6-3-7-13-27)29-14-8-9-15-31(29)34(32)23-26-10-4-2-5-11-26/h2-19,22H,20-21,23-24H2,1H3/b33-22+. The van der Waals surface area contributed by atoms with Gasteiger partial charge in [0.05, 0.1) is 30.0 Å². The molecule has 0 aliphatic rings. The molecular formula is C32H30N2O2S. The number of ether oxygens (including phenoxy) is 1. The van der Waals surface area contributed by atoms with E-state index in [0.717, 1.165) is 34.3 Å². The fourth-order valence-electron chi connectivity index (χ4n) is 4.49. The second kappa shape index (κ2) is 12.0. The largest absolute Gasteiger partial charge is 0.376 e. The third kappa shape index (κ3) is 6.13. The van der Waals surface area contributed by atoms with Crippen molar-refractivity contribution in [3.05, 3.63) is 137 Å². The molecule has 5 aromatic rings. The summed E-state index contributed by atoms with van der Waals surface area (Å²) in [5.74, 6) is 0. The summed E-state index contributed by atoms with van der Waals surface area (Å²) in [6, 6.07) is 36.7. The first-order valence-electron chi connectivity index (χ1n) is 12.5. The molecule has 4 aromatic carbocycles. The quantitative estimate of drug-likeness (QED) is 0.153. The number of benzene rings is 4. The smallest absolute Gasteiger partial charge is 0.172 e. The lowest BCUT2D eigenvalue weighted by Crippen LogP contribution is -2.07. The number of rotatable bonds is 10. The number of aryl methyl sites for hydroxylation is 1. The van der Waals surface area contributed by atoms with Crippen LogP contribution in [0.5, 0.6) is 0 Å². The average Bonchev–Trinajstić information content (AvgIpc) is 3.23. The van der Waals surface area contributed by atoms with Crippen LogP contribution >= 0.6 is 0 Å². The highest BCUT2D eigenvalue weighted by Crippen LogP contribution is 2.27. The molecule has 1 atom stereocenters. The predicted molar refractivity (Wildman–Crippen MR) is 152 cm³/mol. The van der Waals surface area contributed by atoms with E-state index in [1.54, 1.807) is 6.21 Å². The van der Waals surface area contributed by atoms with Crippen LogP contribution in [0.15, 0.2) is 118 Å². The second-order valence-corrected chi connectivity index (χ2v) is 10.2. The van der Waals surface area contributed by atoms with Gasteiger partial charge in [-0.2, -0.15) is 4.40 Å². The maximum atomic E-state index is 13.0. The Kier molecular flexibility index (Phi) is 8.04. The molecule has 5 rings (SSSR count). The lowest BCUT2D eigenvalue weighted by Gasteiger charge is -2.10. The third-order valence-corrected chi connectivity index (χ3v) is 7.38. The number of para-hydroxylation sites is 1. The Balaban J connectivity index is 1.48. The van der Waals surface area contributed by atoms with Gasteiger partial charge < -0.3 is 9.30 Å². The lowest BCUT2D eigenvalue weighted by molar-refractivity contribution is 0.124. The zero-order valence-electron chi connectivity index (χ0n) is 20.9. The molecule has 0 bridgehead atoms. The van der Waals surface area contributed by atoms with Gasteiger partial charge in [0.1, 0.15) is 0 Å². The minimum absolute atomic E-state index is 0.574. The van der Waals surface area contributed by atoms with Crippen LogP contribution in [0.25, 0.3) is 10.9 Å². The maximum absolute atomic E-state index is 13.0. The molecule has 0 fully saturated rings. The van der Waals surface area contributed by atoms with Crippen molar-refractivity contribution in [1.82, 2.24) is 4.57 Å². The van der Waals surface area contributed by atoms with Gasteiger partial charge in [-0.1, -0.05) is 96.6 Å². The highest BCUT2D eigenvalue weighted by atomic mass is 32.2. The Morgan fingerprint density at radius 2 is 1.46 bits per heavy atom. The van der Waals surface area contributed by atoms with E-state index in [2.05, 4.69) is 69.6 Å². The van der Waals surface area contributed by atoms with E-state index >= 15 is 0 Å². The molecule has 0 amide bonds. The third-order valence-electron chi connectivity index (χ3n) is 6.40. The number of fused-ring (bicyclic) bond motifs is 1. The predicted octanol–water partition coefficient (Wildman–Crippen LogP) is 6.90. The molecule has 1 unspecified atom stereocenters. The minimum Gasteiger partial charge on any atom is -0.376 e. The summed E-state index contributed by atoms with van der Waals surface area (Å²) in [5, 5.41) is 1.17. The number of hydrogen-bond acceptors (Lipinski definition) is 2. The number of nitrogens with zero attached hydrogens (tertiary/aromatic N) is 2. The van der Waals surface area contributed by atoms with E-state index in [4.69, 9.17) is 4.74 Å². The summed E-state index contributed by atoms with van der Waals surface area (Å²) < 4.78 is 25.9. The Morgan fingerprint density at radius 3 is 2.19 bits per heavy atom. The fraction of sp³-hybridized carbons (Fsp3) is 0.156. The van der Waals surface area contributed by atoms with E-state index in [-0.39, 0.29) is 0 Å². The molecule has 0 aliphatic carbocycles. The highest BCUT2D eigenvalue weighted by Gasteiger charge is 2.16. The average molecular weight is 507 g/mol. The molecule has 0 saturated heterocycles. The Morgan fingerprint density at radius 1 is 0.811 bits per heavy atom. The van der Waals surface area contributed by atoms with Gasteiger partial charge in [-0.05, 0) is 48.2 Å². The van der Waals surface area contributed by atoms with Crippen LogP contribution in [-0.4, -0.2) is 21.6 Å². The minimum atomic E-state index is -1.48. The first-order valence-corrected chi connectivity index (χ1v) is 13.6. The highest BCUT2D eigenvalue weighted by molar-refractivity contribution is 7.83. The first-order chi connectivity index (χ1) is 18.2. The van der Waals surface area contributed by atoms with Gasteiger partial charge in [-0.3, -0.25) is 0 Å². The fourth-order valence-corrected chi connectivity index (χ4v) is 5.18. The van der Waals surface area contributed by atoms with Gasteiger partial charge in [-0.15, -0.1) is 0 Å². The van der Waals surface area contributed by atoms with E-state index in [1.165, 1.54) is 10.9 Å². The monoisotopic (exact) mass is 506 g/mol. The van der Waals surface area contributed by atoms with Gasteiger partial charge in [0, 0.05) is 17.4 Å². The molecule has 1 aromatic heterocycles. The summed E-state index contributed by atoms with van der Waals surface area (Å²) >= 11 is 0. The molecule has 0 N–H and O–H groups in total. The van der Waals surface area contributed by atoms with Gasteiger partial charge in [0.2, 0.25) is 0 Å². The van der Waals surface area contributed by atoms with Crippen molar-refractivity contribution in [1.29, 1.82) is 0 Å². The SMILES string of the molecule is Cc1ccc(S(=O)/N=C/c2c(CCOCc3ccccc3)c3ccccc3n2Cc2ccccc2)cc1. The van der Waals surface area contributed by atoms with Gasteiger partial charge in [0.25, 0.3) is 0 Å². The van der Waals surface area contributed by atoms with Crippen LogP contribution in [-0.2, 0) is 35.3 Å². The molecular weight excluding hydrogens is 476 g/mol. The first kappa shape index (κ1) is 24.9. The summed E-state index contributed by atoms with van der Waals surface area (Å²) in [6.07, 6.45) is 2.51. The summed E-state index contributed by atoms with van der Waals surface area (Å²) in [4.78, 5) is 0.695. The summed E-state index contributed by atoms with van der Waals surface area (Å²) in [6.45, 7) is 3.87. The molecule has 186 valence electrons. The van der Waals surface area contributed by atoms with Gasteiger partial charge in [0.15, 0.2) is 11.0 Å². The van der Waals surface area contributed by atoms with Gasteiger partial charge >= 0.3 is 0 Å². The second-order valence-electron chi connectivity index (χ2n) is 9.04. The van der Waals surface area contributed by atoms with E-state index in [1.807, 2.05) is 55.5 Å². The molecule has 0 radical (unpaired) electrons. The van der Waals surface area contributed by atoms with E-state index in [9.17, 15) is 4.21 Å². The van der Waals surface area contributed by atoms with Crippen molar-refractivity contribution in [2.75, 3.05) is 6.61 Å². The van der Waals surface area contributed by atoms with Crippen LogP contribution in [0.3, 0.4) is 0 Å². The van der Waals surface area contributed by atoms with Crippen LogP contribution in [0.2, 0.25) is 0 Å². The van der Waals surface area contributed by atoms with Crippen molar-refractivity contribution in [3.63, 3.8) is 0 Å². The molecule has 4 nitrogen and oxygen atoms in total. The van der Waals surface area contributed by atoms with E-state index in [0.29, 0.717) is 24.7 Å².